The van der Waals surface area contributed by atoms with Gasteiger partial charge < -0.3 is 15.4 Å². The van der Waals surface area contributed by atoms with Crippen molar-refractivity contribution in [3.05, 3.63) is 78.1 Å². The van der Waals surface area contributed by atoms with Crippen molar-refractivity contribution in [2.45, 2.75) is 13.0 Å². The van der Waals surface area contributed by atoms with Crippen LogP contribution in [0.1, 0.15) is 21.5 Å². The van der Waals surface area contributed by atoms with Gasteiger partial charge in [-0.15, -0.1) is 0 Å². The average molecular weight is 497 g/mol. The summed E-state index contributed by atoms with van der Waals surface area (Å²) in [6.45, 7) is 0.154. The van der Waals surface area contributed by atoms with Crippen LogP contribution in [-0.4, -0.2) is 22.0 Å². The number of hydrogen-bond acceptors (Lipinski definition) is 3. The van der Waals surface area contributed by atoms with Crippen LogP contribution in [0.4, 0.5) is 0 Å². The lowest BCUT2D eigenvalue weighted by molar-refractivity contribution is -0.120. The molecule has 0 saturated carbocycles. The highest BCUT2D eigenvalue weighted by atomic mass is 127. The molecule has 0 aliphatic rings. The number of carboxylic acids is 1. The monoisotopic (exact) mass is 496 g/mol. The standard InChI is InChI=1S/C19H14ClIN2O4/c20-13-5-11-7-14(19(26)27)18(25)23-17(11)12(6-13)9-22-16(24)8-10-3-1-2-4-15(10)21/h1-7H,8-9H2,(H,22,24)(H,23,25)(H,26,27). The van der Waals surface area contributed by atoms with Crippen LogP contribution in [-0.2, 0) is 17.8 Å². The summed E-state index contributed by atoms with van der Waals surface area (Å²) in [7, 11) is 0. The predicted octanol–water partition coefficient (Wildman–Crippen LogP) is 3.34. The second kappa shape index (κ2) is 8.10. The Morgan fingerprint density at radius 1 is 1.15 bits per heavy atom. The third-order valence-electron chi connectivity index (χ3n) is 4.01. The van der Waals surface area contributed by atoms with E-state index in [0.29, 0.717) is 21.5 Å². The number of aromatic nitrogens is 1. The Kier molecular flexibility index (Phi) is 5.81. The molecule has 3 N–H and O–H groups in total. The molecule has 3 rings (SSSR count). The first-order valence-electron chi connectivity index (χ1n) is 7.94. The van der Waals surface area contributed by atoms with Crippen molar-refractivity contribution in [1.29, 1.82) is 0 Å². The number of H-pyrrole nitrogens is 1. The number of carbonyl (C=O) groups excluding carboxylic acids is 1. The van der Waals surface area contributed by atoms with Gasteiger partial charge in [0.1, 0.15) is 5.56 Å². The van der Waals surface area contributed by atoms with Crippen molar-refractivity contribution in [3.63, 3.8) is 0 Å². The van der Waals surface area contributed by atoms with Crippen molar-refractivity contribution in [3.8, 4) is 0 Å². The summed E-state index contributed by atoms with van der Waals surface area (Å²) < 4.78 is 1.00. The third-order valence-corrected chi connectivity index (χ3v) is 5.28. The van der Waals surface area contributed by atoms with E-state index in [9.17, 15) is 14.4 Å². The third kappa shape index (κ3) is 4.48. The number of aromatic amines is 1. The van der Waals surface area contributed by atoms with Gasteiger partial charge in [-0.1, -0.05) is 29.8 Å². The maximum atomic E-state index is 12.3. The zero-order valence-electron chi connectivity index (χ0n) is 13.9. The first-order chi connectivity index (χ1) is 12.8. The Bertz CT molecular complexity index is 1110. The minimum Gasteiger partial charge on any atom is -0.477 e. The first kappa shape index (κ1) is 19.4. The molecule has 1 heterocycles. The van der Waals surface area contributed by atoms with E-state index in [-0.39, 0.29) is 24.4 Å². The zero-order valence-corrected chi connectivity index (χ0v) is 16.8. The normalized spacial score (nSPS) is 10.7. The van der Waals surface area contributed by atoms with Crippen molar-refractivity contribution in [2.24, 2.45) is 0 Å². The largest absolute Gasteiger partial charge is 0.477 e. The summed E-state index contributed by atoms with van der Waals surface area (Å²) in [5.41, 5.74) is 0.903. The summed E-state index contributed by atoms with van der Waals surface area (Å²) in [4.78, 5) is 38.0. The minimum atomic E-state index is -1.31. The molecule has 0 unspecified atom stereocenters. The van der Waals surface area contributed by atoms with Crippen molar-refractivity contribution in [2.75, 3.05) is 0 Å². The Morgan fingerprint density at radius 2 is 1.89 bits per heavy atom. The van der Waals surface area contributed by atoms with Gasteiger partial charge in [0.15, 0.2) is 0 Å². The SMILES string of the molecule is O=C(Cc1ccccc1I)NCc1cc(Cl)cc2cc(C(=O)O)c(=O)[nH]c12. The zero-order chi connectivity index (χ0) is 19.6. The number of nitrogens with one attached hydrogen (secondary N) is 2. The van der Waals surface area contributed by atoms with E-state index in [0.717, 1.165) is 9.13 Å². The molecule has 1 aromatic heterocycles. The molecule has 0 saturated heterocycles. The molecular weight excluding hydrogens is 483 g/mol. The molecule has 27 heavy (non-hydrogen) atoms. The molecule has 0 aliphatic carbocycles. The summed E-state index contributed by atoms with van der Waals surface area (Å²) in [5.74, 6) is -1.48. The number of amides is 1. The molecule has 2 aromatic carbocycles. The van der Waals surface area contributed by atoms with Crippen LogP contribution in [0.2, 0.25) is 5.02 Å². The van der Waals surface area contributed by atoms with Gasteiger partial charge in [-0.2, -0.15) is 0 Å². The molecule has 138 valence electrons. The van der Waals surface area contributed by atoms with Gasteiger partial charge in [0.2, 0.25) is 5.91 Å². The molecule has 8 heteroatoms. The molecule has 0 aliphatic heterocycles. The smallest absolute Gasteiger partial charge is 0.341 e. The Hall–Kier alpha value is -2.39. The van der Waals surface area contributed by atoms with Gasteiger partial charge in [0, 0.05) is 20.5 Å². The number of carbonyl (C=O) groups is 2. The molecule has 3 aromatic rings. The summed E-state index contributed by atoms with van der Waals surface area (Å²) in [6, 6.07) is 12.1. The van der Waals surface area contributed by atoms with Gasteiger partial charge in [-0.05, 0) is 58.0 Å². The highest BCUT2D eigenvalue weighted by molar-refractivity contribution is 14.1. The molecule has 1 amide bonds. The van der Waals surface area contributed by atoms with Crippen LogP contribution in [0, 0.1) is 3.57 Å². The van der Waals surface area contributed by atoms with Crippen LogP contribution in [0.25, 0.3) is 10.9 Å². The fourth-order valence-corrected chi connectivity index (χ4v) is 3.55. The van der Waals surface area contributed by atoms with Crippen LogP contribution in [0.5, 0.6) is 0 Å². The molecule has 0 radical (unpaired) electrons. The van der Waals surface area contributed by atoms with Crippen LogP contribution >= 0.6 is 34.2 Å². The summed E-state index contributed by atoms with van der Waals surface area (Å²) in [5, 5.41) is 12.8. The number of hydrogen-bond donors (Lipinski definition) is 3. The maximum Gasteiger partial charge on any atom is 0.341 e. The van der Waals surface area contributed by atoms with Crippen molar-refractivity contribution >= 4 is 57.0 Å². The molecule has 0 fully saturated rings. The molecule has 0 spiro atoms. The fourth-order valence-electron chi connectivity index (χ4n) is 2.72. The quantitative estimate of drug-likeness (QED) is 0.472. The Labute approximate surface area is 172 Å². The van der Waals surface area contributed by atoms with E-state index < -0.39 is 11.5 Å². The lowest BCUT2D eigenvalue weighted by atomic mass is 10.1. The van der Waals surface area contributed by atoms with E-state index in [1.165, 1.54) is 6.07 Å². The van der Waals surface area contributed by atoms with Crippen LogP contribution in [0.15, 0.2) is 47.3 Å². The van der Waals surface area contributed by atoms with Gasteiger partial charge in [0.25, 0.3) is 5.56 Å². The number of halogens is 2. The molecular formula is C19H14ClIN2O4. The van der Waals surface area contributed by atoms with E-state index in [1.54, 1.807) is 12.1 Å². The Balaban J connectivity index is 1.85. The van der Waals surface area contributed by atoms with Gasteiger partial charge in [-0.25, -0.2) is 4.79 Å². The average Bonchev–Trinajstić information content (AvgIpc) is 2.61. The number of aromatic carboxylic acids is 1. The minimum absolute atomic E-state index is 0.154. The number of rotatable bonds is 5. The maximum absolute atomic E-state index is 12.3. The fraction of sp³-hybridized carbons (Fsp3) is 0.105. The number of benzene rings is 2. The lowest BCUT2D eigenvalue weighted by Gasteiger charge is -2.10. The van der Waals surface area contributed by atoms with Crippen molar-refractivity contribution < 1.29 is 14.7 Å². The topological polar surface area (TPSA) is 99.3 Å². The Morgan fingerprint density at radius 3 is 2.59 bits per heavy atom. The van der Waals surface area contributed by atoms with Crippen molar-refractivity contribution in [1.82, 2.24) is 10.3 Å². The van der Waals surface area contributed by atoms with Gasteiger partial charge >= 0.3 is 5.97 Å². The number of fused-ring (bicyclic) bond motifs is 1. The van der Waals surface area contributed by atoms with Crippen LogP contribution < -0.4 is 10.9 Å². The molecule has 6 nitrogen and oxygen atoms in total. The van der Waals surface area contributed by atoms with Gasteiger partial charge in [-0.3, -0.25) is 9.59 Å². The highest BCUT2D eigenvalue weighted by Gasteiger charge is 2.14. The number of pyridine rings is 1. The number of carboxylic acid groups (broad SMARTS) is 1. The summed E-state index contributed by atoms with van der Waals surface area (Å²) in [6.07, 6.45) is 0.233. The van der Waals surface area contributed by atoms with E-state index in [2.05, 4.69) is 32.9 Å². The van der Waals surface area contributed by atoms with Crippen LogP contribution in [0.3, 0.4) is 0 Å². The second-order valence-corrected chi connectivity index (χ2v) is 7.49. The first-order valence-corrected chi connectivity index (χ1v) is 9.39. The lowest BCUT2D eigenvalue weighted by Crippen LogP contribution is -2.25. The summed E-state index contributed by atoms with van der Waals surface area (Å²) >= 11 is 8.28. The molecule has 0 bridgehead atoms. The van der Waals surface area contributed by atoms with E-state index in [4.69, 9.17) is 16.7 Å². The predicted molar refractivity (Wildman–Crippen MR) is 111 cm³/mol. The second-order valence-electron chi connectivity index (χ2n) is 5.89. The van der Waals surface area contributed by atoms with Gasteiger partial charge in [0.05, 0.1) is 11.9 Å². The highest BCUT2D eigenvalue weighted by Crippen LogP contribution is 2.22. The van der Waals surface area contributed by atoms with E-state index >= 15 is 0 Å². The molecule has 0 atom stereocenters. The van der Waals surface area contributed by atoms with E-state index in [1.807, 2.05) is 24.3 Å².